The van der Waals surface area contributed by atoms with E-state index in [1.54, 1.807) is 6.08 Å². The van der Waals surface area contributed by atoms with Crippen LogP contribution in [-0.2, 0) is 0 Å². The van der Waals surface area contributed by atoms with Crippen molar-refractivity contribution in [3.8, 4) is 0 Å². The van der Waals surface area contributed by atoms with Gasteiger partial charge in [-0.15, -0.1) is 0 Å². The Morgan fingerprint density at radius 3 is 3.07 bits per heavy atom. The lowest BCUT2D eigenvalue weighted by atomic mass is 10.0. The van der Waals surface area contributed by atoms with Gasteiger partial charge >= 0.3 is 0 Å². The summed E-state index contributed by atoms with van der Waals surface area (Å²) in [7, 11) is 0. The summed E-state index contributed by atoms with van der Waals surface area (Å²) in [6, 6.07) is 0. The van der Waals surface area contributed by atoms with Gasteiger partial charge in [-0.3, -0.25) is 0 Å². The average Bonchev–Trinajstić information content (AvgIpc) is 2.25. The highest BCUT2D eigenvalue weighted by Crippen LogP contribution is 2.22. The number of halogens is 1. The van der Waals surface area contributed by atoms with Gasteiger partial charge in [0.05, 0.1) is 6.10 Å². The summed E-state index contributed by atoms with van der Waals surface area (Å²) < 4.78 is 13.3. The van der Waals surface area contributed by atoms with Crippen LogP contribution < -0.4 is 5.32 Å². The lowest BCUT2D eigenvalue weighted by molar-refractivity contribution is 0.205. The highest BCUT2D eigenvalue weighted by atomic mass is 19.1. The number of rotatable bonds is 6. The van der Waals surface area contributed by atoms with Gasteiger partial charge in [0, 0.05) is 18.5 Å². The van der Waals surface area contributed by atoms with Crippen LogP contribution in [0.1, 0.15) is 32.6 Å². The topological polar surface area (TPSA) is 32.3 Å². The average molecular weight is 213 g/mol. The zero-order valence-corrected chi connectivity index (χ0v) is 9.30. The summed E-state index contributed by atoms with van der Waals surface area (Å²) in [4.78, 5) is 0. The Morgan fingerprint density at radius 2 is 2.40 bits per heavy atom. The van der Waals surface area contributed by atoms with E-state index < -0.39 is 6.10 Å². The van der Waals surface area contributed by atoms with Gasteiger partial charge in [0.25, 0.3) is 0 Å². The monoisotopic (exact) mass is 213 g/mol. The van der Waals surface area contributed by atoms with Crippen LogP contribution in [0.25, 0.3) is 0 Å². The molecule has 0 amide bonds. The van der Waals surface area contributed by atoms with Crippen LogP contribution in [0.5, 0.6) is 0 Å². The summed E-state index contributed by atoms with van der Waals surface area (Å²) in [5, 5.41) is 12.9. The lowest BCUT2D eigenvalue weighted by Gasteiger charge is -2.16. The second-order valence-corrected chi connectivity index (χ2v) is 3.87. The summed E-state index contributed by atoms with van der Waals surface area (Å²) in [6.45, 7) is 3.43. The van der Waals surface area contributed by atoms with Gasteiger partial charge in [0.2, 0.25) is 0 Å². The molecule has 0 aromatic carbocycles. The zero-order chi connectivity index (χ0) is 11.1. The van der Waals surface area contributed by atoms with E-state index in [1.807, 2.05) is 6.08 Å². The van der Waals surface area contributed by atoms with E-state index >= 15 is 0 Å². The van der Waals surface area contributed by atoms with E-state index in [1.165, 1.54) is 0 Å². The predicted octanol–water partition coefficient (Wildman–Crippen LogP) is 2.31. The molecule has 0 fully saturated rings. The normalized spacial score (nSPS) is 18.3. The largest absolute Gasteiger partial charge is 0.387 e. The van der Waals surface area contributed by atoms with Gasteiger partial charge in [-0.2, -0.15) is 0 Å². The van der Waals surface area contributed by atoms with Gasteiger partial charge in [0.1, 0.15) is 5.83 Å². The molecule has 0 aromatic heterocycles. The number of hydrogen-bond acceptors (Lipinski definition) is 2. The Labute approximate surface area is 90.9 Å². The van der Waals surface area contributed by atoms with E-state index in [-0.39, 0.29) is 5.83 Å². The maximum atomic E-state index is 13.3. The number of aliphatic hydroxyl groups excluding tert-OH is 1. The Hall–Kier alpha value is -0.670. The number of hydrogen-bond donors (Lipinski definition) is 2. The molecule has 0 saturated heterocycles. The molecule has 1 aliphatic carbocycles. The van der Waals surface area contributed by atoms with E-state index in [0.717, 1.165) is 25.8 Å². The first-order valence-corrected chi connectivity index (χ1v) is 5.69. The number of allylic oxidation sites excluding steroid dienone is 2. The van der Waals surface area contributed by atoms with Crippen LogP contribution in [0.2, 0.25) is 0 Å². The molecule has 1 unspecified atom stereocenters. The summed E-state index contributed by atoms with van der Waals surface area (Å²) >= 11 is 0. The molecule has 0 saturated carbocycles. The van der Waals surface area contributed by atoms with Crippen molar-refractivity contribution in [2.45, 2.75) is 38.7 Å². The van der Waals surface area contributed by atoms with Crippen molar-refractivity contribution in [3.63, 3.8) is 0 Å². The van der Waals surface area contributed by atoms with Gasteiger partial charge in [-0.1, -0.05) is 25.5 Å². The van der Waals surface area contributed by atoms with Crippen LogP contribution in [0.15, 0.2) is 23.6 Å². The molecule has 15 heavy (non-hydrogen) atoms. The molecule has 1 aliphatic rings. The van der Waals surface area contributed by atoms with Crippen molar-refractivity contribution in [1.82, 2.24) is 5.32 Å². The molecule has 86 valence electrons. The van der Waals surface area contributed by atoms with Crippen LogP contribution in [0, 0.1) is 0 Å². The maximum Gasteiger partial charge on any atom is 0.106 e. The first-order valence-electron chi connectivity index (χ1n) is 5.69. The lowest BCUT2D eigenvalue weighted by Crippen LogP contribution is -2.29. The molecule has 0 heterocycles. The minimum absolute atomic E-state index is 0.165. The van der Waals surface area contributed by atoms with Crippen molar-refractivity contribution < 1.29 is 9.50 Å². The van der Waals surface area contributed by atoms with Crippen LogP contribution in [0.4, 0.5) is 4.39 Å². The molecular weight excluding hydrogens is 193 g/mol. The highest BCUT2D eigenvalue weighted by Gasteiger charge is 2.15. The minimum Gasteiger partial charge on any atom is -0.387 e. The third-order valence-electron chi connectivity index (χ3n) is 2.54. The highest BCUT2D eigenvalue weighted by molar-refractivity contribution is 5.29. The number of nitrogens with one attached hydrogen (secondary N) is 1. The summed E-state index contributed by atoms with van der Waals surface area (Å²) in [5.41, 5.74) is 0.449. The van der Waals surface area contributed by atoms with E-state index in [0.29, 0.717) is 18.5 Å². The summed E-state index contributed by atoms with van der Waals surface area (Å²) in [6.07, 6.45) is 6.28. The first-order chi connectivity index (χ1) is 7.25. The van der Waals surface area contributed by atoms with Crippen molar-refractivity contribution in [2.24, 2.45) is 0 Å². The molecule has 1 rings (SSSR count). The minimum atomic E-state index is -0.710. The second-order valence-electron chi connectivity index (χ2n) is 3.87. The fourth-order valence-corrected chi connectivity index (χ4v) is 1.60. The van der Waals surface area contributed by atoms with E-state index in [4.69, 9.17) is 0 Å². The molecule has 0 spiro atoms. The number of aliphatic hydroxyl groups is 1. The second kappa shape index (κ2) is 6.75. The molecule has 2 N–H and O–H groups in total. The Balaban J connectivity index is 2.33. The maximum absolute atomic E-state index is 13.3. The smallest absolute Gasteiger partial charge is 0.106 e. The SMILES string of the molecule is CCCCNCC(O)C1=C(F)CCC=C1. The predicted molar refractivity (Wildman–Crippen MR) is 60.3 cm³/mol. The molecule has 3 heteroatoms. The van der Waals surface area contributed by atoms with Gasteiger partial charge < -0.3 is 10.4 Å². The molecule has 0 aromatic rings. The van der Waals surface area contributed by atoms with Crippen LogP contribution in [-0.4, -0.2) is 24.3 Å². The van der Waals surface area contributed by atoms with Crippen molar-refractivity contribution in [1.29, 1.82) is 0 Å². The van der Waals surface area contributed by atoms with Gasteiger partial charge in [-0.05, 0) is 19.4 Å². The van der Waals surface area contributed by atoms with Crippen LogP contribution >= 0.6 is 0 Å². The zero-order valence-electron chi connectivity index (χ0n) is 9.30. The quantitative estimate of drug-likeness (QED) is 0.664. The Kier molecular flexibility index (Phi) is 5.58. The Morgan fingerprint density at radius 1 is 1.60 bits per heavy atom. The molecule has 0 bridgehead atoms. The molecule has 0 radical (unpaired) electrons. The standard InChI is InChI=1S/C12H20FNO/c1-2-3-8-14-9-12(15)10-6-4-5-7-11(10)13/h4,6,12,14-15H,2-3,5,7-9H2,1H3. The first kappa shape index (κ1) is 12.4. The molecular formula is C12H20FNO. The third-order valence-corrected chi connectivity index (χ3v) is 2.54. The van der Waals surface area contributed by atoms with Gasteiger partial charge in [-0.25, -0.2) is 4.39 Å². The third kappa shape index (κ3) is 4.14. The molecule has 2 nitrogen and oxygen atoms in total. The van der Waals surface area contributed by atoms with Gasteiger partial charge in [0.15, 0.2) is 0 Å². The van der Waals surface area contributed by atoms with E-state index in [9.17, 15) is 9.50 Å². The fourth-order valence-electron chi connectivity index (χ4n) is 1.60. The Bertz CT molecular complexity index is 248. The van der Waals surface area contributed by atoms with Crippen molar-refractivity contribution in [2.75, 3.05) is 13.1 Å². The van der Waals surface area contributed by atoms with Crippen LogP contribution in [0.3, 0.4) is 0 Å². The summed E-state index contributed by atoms with van der Waals surface area (Å²) in [5.74, 6) is -0.165. The van der Waals surface area contributed by atoms with Crippen molar-refractivity contribution in [3.05, 3.63) is 23.6 Å². The fraction of sp³-hybridized carbons (Fsp3) is 0.667. The number of unbranched alkanes of at least 4 members (excludes halogenated alkanes) is 1. The molecule has 0 aliphatic heterocycles. The molecule has 1 atom stereocenters. The van der Waals surface area contributed by atoms with E-state index in [2.05, 4.69) is 12.2 Å². The van der Waals surface area contributed by atoms with Crippen molar-refractivity contribution >= 4 is 0 Å².